The van der Waals surface area contributed by atoms with E-state index in [1.54, 1.807) is 24.3 Å². The van der Waals surface area contributed by atoms with Gasteiger partial charge >= 0.3 is 5.97 Å². The second kappa shape index (κ2) is 10.4. The zero-order chi connectivity index (χ0) is 24.9. The van der Waals surface area contributed by atoms with Crippen molar-refractivity contribution in [2.24, 2.45) is 0 Å². The van der Waals surface area contributed by atoms with Crippen molar-refractivity contribution < 1.29 is 19.4 Å². The van der Waals surface area contributed by atoms with Gasteiger partial charge in [-0.1, -0.05) is 91.0 Å². The number of unbranched alkanes of at least 4 members (excludes halogenated alkanes) is 1. The number of fused-ring (bicyclic) bond motifs is 2. The first-order valence-corrected chi connectivity index (χ1v) is 12.1. The fourth-order valence-electron chi connectivity index (χ4n) is 4.61. The topological polar surface area (TPSA) is 63.6 Å². The average molecular weight is 475 g/mol. The van der Waals surface area contributed by atoms with Gasteiger partial charge < -0.3 is 9.84 Å². The summed E-state index contributed by atoms with van der Waals surface area (Å²) in [5.74, 6) is 0.248. The second-order valence-electron chi connectivity index (χ2n) is 8.81. The van der Waals surface area contributed by atoms with Crippen LogP contribution in [0.4, 0.5) is 0 Å². The smallest absolute Gasteiger partial charge is 0.311 e. The number of aromatic hydroxyl groups is 1. The molecule has 0 spiro atoms. The van der Waals surface area contributed by atoms with Gasteiger partial charge in [0.15, 0.2) is 5.78 Å². The number of rotatable bonds is 8. The molecule has 5 aromatic carbocycles. The van der Waals surface area contributed by atoms with E-state index in [0.29, 0.717) is 41.7 Å². The fraction of sp³-hybridized carbons (Fsp3) is 0.125. The molecule has 0 fully saturated rings. The molecule has 0 heterocycles. The highest BCUT2D eigenvalue weighted by atomic mass is 16.5. The molecule has 36 heavy (non-hydrogen) atoms. The molecule has 5 aromatic rings. The molecule has 0 aliphatic carbocycles. The Morgan fingerprint density at radius 1 is 0.611 bits per heavy atom. The van der Waals surface area contributed by atoms with Crippen molar-refractivity contribution >= 4 is 33.3 Å². The van der Waals surface area contributed by atoms with Gasteiger partial charge in [0.1, 0.15) is 11.5 Å². The van der Waals surface area contributed by atoms with E-state index in [1.807, 2.05) is 78.9 Å². The summed E-state index contributed by atoms with van der Waals surface area (Å²) in [6.07, 6.45) is 1.76. The van der Waals surface area contributed by atoms with Crippen LogP contribution in [0.1, 0.15) is 36.0 Å². The van der Waals surface area contributed by atoms with Crippen LogP contribution in [-0.4, -0.2) is 16.9 Å². The largest absolute Gasteiger partial charge is 0.507 e. The summed E-state index contributed by atoms with van der Waals surface area (Å²) >= 11 is 0. The van der Waals surface area contributed by atoms with E-state index in [4.69, 9.17) is 4.74 Å². The summed E-state index contributed by atoms with van der Waals surface area (Å²) < 4.78 is 5.87. The number of carbonyl (C=O) groups excluding carboxylic acids is 2. The van der Waals surface area contributed by atoms with Crippen LogP contribution in [0.5, 0.6) is 11.5 Å². The lowest BCUT2D eigenvalue weighted by Gasteiger charge is -2.16. The van der Waals surface area contributed by atoms with E-state index in [2.05, 4.69) is 0 Å². The van der Waals surface area contributed by atoms with Crippen LogP contribution in [0.2, 0.25) is 0 Å². The van der Waals surface area contributed by atoms with Gasteiger partial charge in [-0.15, -0.1) is 0 Å². The Labute approximate surface area is 209 Å². The molecule has 178 valence electrons. The normalized spacial score (nSPS) is 11.0. The molecule has 0 atom stereocenters. The Morgan fingerprint density at radius 3 is 1.92 bits per heavy atom. The van der Waals surface area contributed by atoms with Gasteiger partial charge in [0, 0.05) is 29.5 Å². The standard InChI is InChI=1S/C32H26O4/c33-27(24-12-2-1-3-13-24)16-8-9-17-30(35)36-29-21-19-23-11-5-7-15-26(23)32(29)31-25-14-6-4-10-22(25)18-20-28(31)34/h1-7,10-15,18-21,34H,8-9,16-17H2. The lowest BCUT2D eigenvalue weighted by molar-refractivity contribution is -0.134. The Bertz CT molecular complexity index is 1550. The van der Waals surface area contributed by atoms with Crippen LogP contribution < -0.4 is 4.74 Å². The van der Waals surface area contributed by atoms with E-state index in [-0.39, 0.29) is 23.9 Å². The van der Waals surface area contributed by atoms with Crippen LogP contribution in [0.15, 0.2) is 103 Å². The second-order valence-corrected chi connectivity index (χ2v) is 8.81. The third-order valence-electron chi connectivity index (χ3n) is 6.40. The molecule has 0 aromatic heterocycles. The van der Waals surface area contributed by atoms with Crippen LogP contribution in [0.3, 0.4) is 0 Å². The zero-order valence-electron chi connectivity index (χ0n) is 19.8. The maximum atomic E-state index is 12.8. The van der Waals surface area contributed by atoms with Crippen LogP contribution in [-0.2, 0) is 4.79 Å². The van der Waals surface area contributed by atoms with Crippen molar-refractivity contribution in [3.63, 3.8) is 0 Å². The molecule has 0 aliphatic rings. The van der Waals surface area contributed by atoms with Crippen molar-refractivity contribution in [2.75, 3.05) is 0 Å². The molecular formula is C32H26O4. The van der Waals surface area contributed by atoms with Gasteiger partial charge in [-0.3, -0.25) is 9.59 Å². The van der Waals surface area contributed by atoms with E-state index in [1.165, 1.54) is 0 Å². The highest BCUT2D eigenvalue weighted by Gasteiger charge is 2.19. The molecule has 0 saturated carbocycles. The first-order chi connectivity index (χ1) is 17.6. The van der Waals surface area contributed by atoms with Crippen molar-refractivity contribution in [3.05, 3.63) is 109 Å². The maximum Gasteiger partial charge on any atom is 0.311 e. The maximum absolute atomic E-state index is 12.8. The Morgan fingerprint density at radius 2 is 1.19 bits per heavy atom. The van der Waals surface area contributed by atoms with Crippen molar-refractivity contribution in [2.45, 2.75) is 25.7 Å². The Kier molecular flexibility index (Phi) is 6.76. The molecule has 0 amide bonds. The van der Waals surface area contributed by atoms with Crippen LogP contribution >= 0.6 is 0 Å². The molecular weight excluding hydrogens is 448 g/mol. The summed E-state index contributed by atoms with van der Waals surface area (Å²) in [7, 11) is 0. The van der Waals surface area contributed by atoms with Gasteiger partial charge in [0.2, 0.25) is 0 Å². The number of hydrogen-bond acceptors (Lipinski definition) is 4. The van der Waals surface area contributed by atoms with Crippen LogP contribution in [0.25, 0.3) is 32.7 Å². The number of ether oxygens (including phenoxy) is 1. The first-order valence-electron chi connectivity index (χ1n) is 12.1. The minimum Gasteiger partial charge on any atom is -0.507 e. The van der Waals surface area contributed by atoms with E-state index >= 15 is 0 Å². The molecule has 1 N–H and O–H groups in total. The summed E-state index contributed by atoms with van der Waals surface area (Å²) in [5.41, 5.74) is 2.02. The Hall–Kier alpha value is -4.44. The van der Waals surface area contributed by atoms with Crippen molar-refractivity contribution in [1.29, 1.82) is 0 Å². The molecule has 0 radical (unpaired) electrons. The number of Topliss-reactive ketones (excluding diaryl/α,β-unsaturated/α-hetero) is 1. The zero-order valence-corrected chi connectivity index (χ0v) is 19.8. The number of phenolic OH excluding ortho intramolecular Hbond substituents is 1. The number of phenols is 1. The van der Waals surface area contributed by atoms with Gasteiger partial charge in [-0.2, -0.15) is 0 Å². The van der Waals surface area contributed by atoms with E-state index in [9.17, 15) is 14.7 Å². The van der Waals surface area contributed by atoms with Gasteiger partial charge in [-0.05, 0) is 46.5 Å². The van der Waals surface area contributed by atoms with E-state index in [0.717, 1.165) is 21.5 Å². The third kappa shape index (κ3) is 4.84. The predicted octanol–water partition coefficient (Wildman–Crippen LogP) is 7.71. The lowest BCUT2D eigenvalue weighted by atomic mass is 9.92. The number of esters is 1. The molecule has 0 saturated heterocycles. The van der Waals surface area contributed by atoms with Crippen molar-refractivity contribution in [3.8, 4) is 22.6 Å². The highest BCUT2D eigenvalue weighted by molar-refractivity contribution is 6.10. The highest BCUT2D eigenvalue weighted by Crippen LogP contribution is 2.45. The SMILES string of the molecule is O=C(CCCCC(=O)c1ccccc1)Oc1ccc2ccccc2c1-c1c(O)ccc2ccccc12. The number of carbonyl (C=O) groups is 2. The predicted molar refractivity (Wildman–Crippen MR) is 143 cm³/mol. The van der Waals surface area contributed by atoms with E-state index < -0.39 is 0 Å². The number of benzene rings is 5. The fourth-order valence-corrected chi connectivity index (χ4v) is 4.61. The first kappa shape index (κ1) is 23.3. The molecule has 0 aliphatic heterocycles. The summed E-state index contributed by atoms with van der Waals surface area (Å²) in [4.78, 5) is 25.1. The molecule has 0 unspecified atom stereocenters. The minimum absolute atomic E-state index is 0.0761. The van der Waals surface area contributed by atoms with Crippen LogP contribution in [0, 0.1) is 0 Å². The molecule has 4 nitrogen and oxygen atoms in total. The average Bonchev–Trinajstić information content (AvgIpc) is 2.92. The van der Waals surface area contributed by atoms with Gasteiger partial charge in [0.05, 0.1) is 0 Å². The summed E-state index contributed by atoms with van der Waals surface area (Å²) in [6.45, 7) is 0. The number of ketones is 1. The number of hydrogen-bond donors (Lipinski definition) is 1. The van der Waals surface area contributed by atoms with Gasteiger partial charge in [-0.25, -0.2) is 0 Å². The molecule has 4 heteroatoms. The van der Waals surface area contributed by atoms with Crippen molar-refractivity contribution in [1.82, 2.24) is 0 Å². The summed E-state index contributed by atoms with van der Waals surface area (Å²) in [6, 6.07) is 32.1. The third-order valence-corrected chi connectivity index (χ3v) is 6.40. The molecule has 5 rings (SSSR count). The lowest BCUT2D eigenvalue weighted by Crippen LogP contribution is -2.09. The van der Waals surface area contributed by atoms with Gasteiger partial charge in [0.25, 0.3) is 0 Å². The quantitative estimate of drug-likeness (QED) is 0.108. The minimum atomic E-state index is -0.363. The monoisotopic (exact) mass is 474 g/mol. The molecule has 0 bridgehead atoms. The summed E-state index contributed by atoms with van der Waals surface area (Å²) in [5, 5.41) is 14.7. The Balaban J connectivity index is 1.39.